The summed E-state index contributed by atoms with van der Waals surface area (Å²) in [7, 11) is 0. The molecule has 1 aliphatic carbocycles. The number of hydrogen-bond donors (Lipinski definition) is 0. The van der Waals surface area contributed by atoms with E-state index in [4.69, 9.17) is 18.6 Å². The van der Waals surface area contributed by atoms with Crippen LogP contribution < -0.4 is 10.4 Å². The Morgan fingerprint density at radius 2 is 1.70 bits per heavy atom. The third kappa shape index (κ3) is 7.12. The largest absolute Gasteiger partial charge is 0.494 e. The van der Waals surface area contributed by atoms with Gasteiger partial charge in [-0.1, -0.05) is 56.0 Å². The van der Waals surface area contributed by atoms with Crippen LogP contribution in [-0.2, 0) is 19.7 Å². The lowest BCUT2D eigenvalue weighted by Gasteiger charge is -2.27. The van der Waals surface area contributed by atoms with Gasteiger partial charge in [0.2, 0.25) is 0 Å². The maximum Gasteiger partial charge on any atom is 0.343 e. The van der Waals surface area contributed by atoms with Crippen LogP contribution in [0.5, 0.6) is 5.75 Å². The van der Waals surface area contributed by atoms with E-state index in [1.54, 1.807) is 30.3 Å². The zero-order chi connectivity index (χ0) is 30.2. The Labute approximate surface area is 250 Å². The molecule has 0 fully saturated rings. The Morgan fingerprint density at radius 1 is 0.953 bits per heavy atom. The van der Waals surface area contributed by atoms with Gasteiger partial charge in [-0.25, -0.2) is 14.4 Å². The number of benzene rings is 3. The number of fused-ring (bicyclic) bond motifs is 3. The van der Waals surface area contributed by atoms with Gasteiger partial charge in [0.15, 0.2) is 0 Å². The maximum absolute atomic E-state index is 13.1. The Morgan fingerprint density at radius 3 is 2.44 bits per heavy atom. The van der Waals surface area contributed by atoms with E-state index in [0.717, 1.165) is 47.9 Å². The molecule has 1 aliphatic rings. The second kappa shape index (κ2) is 13.4. The van der Waals surface area contributed by atoms with Crippen molar-refractivity contribution in [3.05, 3.63) is 125 Å². The summed E-state index contributed by atoms with van der Waals surface area (Å²) >= 11 is 0. The van der Waals surface area contributed by atoms with Crippen LogP contribution in [-0.4, -0.2) is 25.2 Å². The molecular formula is C36H34O7. The van der Waals surface area contributed by atoms with Gasteiger partial charge >= 0.3 is 17.6 Å². The first kappa shape index (κ1) is 29.6. The molecule has 5 rings (SSSR count). The van der Waals surface area contributed by atoms with Crippen LogP contribution in [0.4, 0.5) is 0 Å². The third-order valence-corrected chi connectivity index (χ3v) is 7.60. The number of carbonyl (C=O) groups excluding carboxylic acids is 2. The quantitative estimate of drug-likeness (QED) is 0.0563. The molecule has 7 nitrogen and oxygen atoms in total. The lowest BCUT2D eigenvalue weighted by Crippen LogP contribution is -2.27. The normalized spacial score (nSPS) is 16.1. The van der Waals surface area contributed by atoms with Crippen LogP contribution in [0, 0.1) is 0 Å². The smallest absolute Gasteiger partial charge is 0.343 e. The highest BCUT2D eigenvalue weighted by molar-refractivity contribution is 6.04. The molecule has 1 atom stereocenters. The summed E-state index contributed by atoms with van der Waals surface area (Å²) in [6.45, 7) is 6.29. The highest BCUT2D eigenvalue weighted by Gasteiger charge is 2.30. The first-order valence-electron chi connectivity index (χ1n) is 14.5. The van der Waals surface area contributed by atoms with Crippen LogP contribution >= 0.6 is 0 Å². The number of carbonyl (C=O) groups is 2. The molecule has 0 spiro atoms. The van der Waals surface area contributed by atoms with E-state index in [9.17, 15) is 14.4 Å². The number of unbranched alkanes of at least 4 members (excludes halogenated alkanes) is 3. The summed E-state index contributed by atoms with van der Waals surface area (Å²) in [5.41, 5.74) is 0.564. The molecule has 4 aromatic rings. The average molecular weight is 579 g/mol. The van der Waals surface area contributed by atoms with E-state index in [-0.39, 0.29) is 5.63 Å². The summed E-state index contributed by atoms with van der Waals surface area (Å²) in [5.74, 6) is 0.233. The first-order chi connectivity index (χ1) is 20.9. The van der Waals surface area contributed by atoms with Gasteiger partial charge in [0, 0.05) is 27.8 Å². The van der Waals surface area contributed by atoms with Crippen molar-refractivity contribution in [3.63, 3.8) is 0 Å². The first-order valence-corrected chi connectivity index (χ1v) is 14.5. The third-order valence-electron chi connectivity index (χ3n) is 7.60. The van der Waals surface area contributed by atoms with Crippen LogP contribution in [0.1, 0.15) is 54.9 Å². The Hall–Kier alpha value is -4.91. The molecule has 0 saturated heterocycles. The van der Waals surface area contributed by atoms with Crippen LogP contribution in [0.3, 0.4) is 0 Å². The van der Waals surface area contributed by atoms with Gasteiger partial charge in [-0.05, 0) is 80.0 Å². The predicted octanol–water partition coefficient (Wildman–Crippen LogP) is 7.57. The van der Waals surface area contributed by atoms with E-state index in [2.05, 4.69) is 6.58 Å². The molecular weight excluding hydrogens is 544 g/mol. The van der Waals surface area contributed by atoms with Crippen molar-refractivity contribution >= 4 is 33.7 Å². The Kier molecular flexibility index (Phi) is 9.20. The fourth-order valence-electron chi connectivity index (χ4n) is 5.07. The summed E-state index contributed by atoms with van der Waals surface area (Å²) in [6.07, 6.45) is 10.6. The zero-order valence-electron chi connectivity index (χ0n) is 24.2. The van der Waals surface area contributed by atoms with Gasteiger partial charge in [0.1, 0.15) is 17.1 Å². The molecule has 0 amide bonds. The highest BCUT2D eigenvalue weighted by Crippen LogP contribution is 2.35. The average Bonchev–Trinajstić information content (AvgIpc) is 3.03. The highest BCUT2D eigenvalue weighted by atomic mass is 16.5. The van der Waals surface area contributed by atoms with Crippen LogP contribution in [0.15, 0.2) is 113 Å². The minimum atomic E-state index is -0.604. The van der Waals surface area contributed by atoms with Crippen molar-refractivity contribution < 1.29 is 28.2 Å². The molecule has 0 aliphatic heterocycles. The molecule has 0 radical (unpaired) electrons. The maximum atomic E-state index is 13.1. The molecule has 7 heteroatoms. The minimum Gasteiger partial charge on any atom is -0.494 e. The molecule has 1 aromatic heterocycles. The fourth-order valence-corrected chi connectivity index (χ4v) is 5.07. The van der Waals surface area contributed by atoms with Crippen molar-refractivity contribution in [3.8, 4) is 5.75 Å². The second-order valence-corrected chi connectivity index (χ2v) is 10.8. The lowest BCUT2D eigenvalue weighted by atomic mass is 9.77. The predicted molar refractivity (Wildman–Crippen MR) is 166 cm³/mol. The molecule has 0 bridgehead atoms. The molecule has 0 N–H and O–H groups in total. The van der Waals surface area contributed by atoms with Gasteiger partial charge in [-0.2, -0.15) is 0 Å². The molecule has 1 heterocycles. The number of esters is 2. The Bertz CT molecular complexity index is 1760. The van der Waals surface area contributed by atoms with Crippen molar-refractivity contribution in [2.45, 2.75) is 44.4 Å². The number of rotatable bonds is 12. The summed E-state index contributed by atoms with van der Waals surface area (Å²) in [5, 5.41) is 2.78. The van der Waals surface area contributed by atoms with Gasteiger partial charge in [-0.15, -0.1) is 0 Å². The van der Waals surface area contributed by atoms with E-state index in [0.29, 0.717) is 47.9 Å². The number of ether oxygens (including phenoxy) is 3. The van der Waals surface area contributed by atoms with E-state index >= 15 is 0 Å². The van der Waals surface area contributed by atoms with E-state index in [1.165, 1.54) is 0 Å². The van der Waals surface area contributed by atoms with Gasteiger partial charge in [-0.3, -0.25) is 0 Å². The minimum absolute atomic E-state index is 0.376. The number of allylic oxidation sites excluding steroid dienone is 3. The van der Waals surface area contributed by atoms with Crippen LogP contribution in [0.2, 0.25) is 0 Å². The van der Waals surface area contributed by atoms with Crippen molar-refractivity contribution in [1.29, 1.82) is 0 Å². The fraction of sp³-hybridized carbons (Fsp3) is 0.250. The molecule has 220 valence electrons. The van der Waals surface area contributed by atoms with E-state index < -0.39 is 17.4 Å². The van der Waals surface area contributed by atoms with Gasteiger partial charge < -0.3 is 18.6 Å². The summed E-state index contributed by atoms with van der Waals surface area (Å²) in [4.78, 5) is 36.9. The SMILES string of the molecule is C=CC(=O)OCCCCCCOc1ccc(C(=O)OC2=CCC(C)(c3cc4ccc5ccccc5c4oc3=O)C=C2)cc1. The molecule has 0 saturated carbocycles. The molecule has 43 heavy (non-hydrogen) atoms. The van der Waals surface area contributed by atoms with Crippen molar-refractivity contribution in [1.82, 2.24) is 0 Å². The molecule has 1 unspecified atom stereocenters. The molecule has 3 aromatic carbocycles. The lowest BCUT2D eigenvalue weighted by molar-refractivity contribution is -0.137. The van der Waals surface area contributed by atoms with Gasteiger partial charge in [0.05, 0.1) is 18.8 Å². The Balaban J connectivity index is 1.12. The summed E-state index contributed by atoms with van der Waals surface area (Å²) < 4.78 is 22.2. The van der Waals surface area contributed by atoms with E-state index in [1.807, 2.05) is 61.5 Å². The summed E-state index contributed by atoms with van der Waals surface area (Å²) in [6, 6.07) is 20.5. The topological polar surface area (TPSA) is 92.0 Å². The van der Waals surface area contributed by atoms with Crippen molar-refractivity contribution in [2.75, 3.05) is 13.2 Å². The monoisotopic (exact) mass is 578 g/mol. The van der Waals surface area contributed by atoms with Crippen LogP contribution in [0.25, 0.3) is 21.7 Å². The van der Waals surface area contributed by atoms with Crippen molar-refractivity contribution in [2.24, 2.45) is 0 Å². The second-order valence-electron chi connectivity index (χ2n) is 10.8. The number of hydrogen-bond acceptors (Lipinski definition) is 7. The zero-order valence-corrected chi connectivity index (χ0v) is 24.2. The van der Waals surface area contributed by atoms with Gasteiger partial charge in [0.25, 0.3) is 0 Å². The standard InChI is InChI=1S/C36H34O7/c1-3-32(37)41-23-9-5-4-8-22-40-28-16-14-26(15-17-28)34(38)42-29-18-20-36(2,21-19-29)31-24-27-13-12-25-10-6-7-11-30(25)33(27)43-35(31)39/h3,6-7,10-20,24H,1,4-5,8-9,21-23H2,2H3.